The van der Waals surface area contributed by atoms with Crippen LogP contribution in [0.2, 0.25) is 0 Å². The Bertz CT molecular complexity index is 526. The minimum absolute atomic E-state index is 0.0497. The number of aryl methyl sites for hydroxylation is 1. The van der Waals surface area contributed by atoms with Crippen LogP contribution in [0.4, 0.5) is 5.69 Å². The minimum Gasteiger partial charge on any atom is -0.376 e. The van der Waals surface area contributed by atoms with E-state index in [-0.39, 0.29) is 5.91 Å². The summed E-state index contributed by atoms with van der Waals surface area (Å²) in [6.45, 7) is 3.09. The zero-order valence-corrected chi connectivity index (χ0v) is 14.1. The Labute approximate surface area is 135 Å². The van der Waals surface area contributed by atoms with Crippen LogP contribution in [-0.2, 0) is 4.79 Å². The molecule has 2 N–H and O–H groups in total. The lowest BCUT2D eigenvalue weighted by Gasteiger charge is -2.13. The lowest BCUT2D eigenvalue weighted by atomic mass is 9.97. The highest BCUT2D eigenvalue weighted by Gasteiger charge is 2.06. The normalized spacial score (nSPS) is 14.5. The van der Waals surface area contributed by atoms with Gasteiger partial charge >= 0.3 is 0 Å². The van der Waals surface area contributed by atoms with Crippen molar-refractivity contribution in [3.05, 3.63) is 39.9 Å². The highest BCUT2D eigenvalue weighted by Crippen LogP contribution is 2.20. The molecule has 0 saturated heterocycles. The Kier molecular flexibility index (Phi) is 6.30. The van der Waals surface area contributed by atoms with Crippen LogP contribution in [0.1, 0.15) is 37.7 Å². The second-order valence-corrected chi connectivity index (χ2v) is 6.44. The zero-order chi connectivity index (χ0) is 15.1. The zero-order valence-electron chi connectivity index (χ0n) is 12.5. The van der Waals surface area contributed by atoms with Gasteiger partial charge in [-0.05, 0) is 62.8 Å². The number of hydrogen-bond acceptors (Lipinski definition) is 2. The van der Waals surface area contributed by atoms with E-state index in [1.54, 1.807) is 0 Å². The number of carbonyl (C=O) groups is 1. The third kappa shape index (κ3) is 5.54. The van der Waals surface area contributed by atoms with Crippen molar-refractivity contribution >= 4 is 27.5 Å². The number of carbonyl (C=O) groups excluding carboxylic acids is 1. The van der Waals surface area contributed by atoms with Gasteiger partial charge in [0.25, 0.3) is 0 Å². The van der Waals surface area contributed by atoms with Crippen LogP contribution < -0.4 is 10.6 Å². The van der Waals surface area contributed by atoms with Crippen LogP contribution in [0.3, 0.4) is 0 Å². The molecule has 0 spiro atoms. The molecule has 0 aliphatic heterocycles. The van der Waals surface area contributed by atoms with E-state index in [0.717, 1.165) is 28.7 Å². The summed E-state index contributed by atoms with van der Waals surface area (Å²) in [5.74, 6) is 0.0497. The van der Waals surface area contributed by atoms with E-state index in [9.17, 15) is 4.79 Å². The topological polar surface area (TPSA) is 41.1 Å². The lowest BCUT2D eigenvalue weighted by Crippen LogP contribution is -2.31. The van der Waals surface area contributed by atoms with Gasteiger partial charge in [0.2, 0.25) is 5.91 Å². The van der Waals surface area contributed by atoms with Gasteiger partial charge in [-0.2, -0.15) is 0 Å². The number of rotatable bonds is 6. The molecule has 1 aromatic carbocycles. The summed E-state index contributed by atoms with van der Waals surface area (Å²) in [4.78, 5) is 11.8. The predicted molar refractivity (Wildman–Crippen MR) is 91.5 cm³/mol. The standard InChI is InChI=1S/C17H23BrN2O/c1-13-11-15(18)7-8-16(13)20-12-17(21)19-10-9-14-5-3-2-4-6-14/h5,7-8,11,20H,2-4,6,9-10,12H2,1H3,(H,19,21). The van der Waals surface area contributed by atoms with Gasteiger partial charge in [0.05, 0.1) is 6.54 Å². The van der Waals surface area contributed by atoms with E-state index in [1.165, 1.54) is 31.3 Å². The Morgan fingerprint density at radius 3 is 2.90 bits per heavy atom. The van der Waals surface area contributed by atoms with E-state index in [4.69, 9.17) is 0 Å². The number of anilines is 1. The molecular formula is C17H23BrN2O. The minimum atomic E-state index is 0.0497. The molecule has 1 aliphatic rings. The van der Waals surface area contributed by atoms with Crippen LogP contribution in [0.5, 0.6) is 0 Å². The fourth-order valence-corrected chi connectivity index (χ4v) is 3.03. The maximum atomic E-state index is 11.8. The van der Waals surface area contributed by atoms with E-state index in [0.29, 0.717) is 6.54 Å². The highest BCUT2D eigenvalue weighted by molar-refractivity contribution is 9.10. The Hall–Kier alpha value is -1.29. The van der Waals surface area contributed by atoms with Crippen LogP contribution in [0, 0.1) is 6.92 Å². The largest absolute Gasteiger partial charge is 0.376 e. The number of amides is 1. The summed E-state index contributed by atoms with van der Waals surface area (Å²) in [5.41, 5.74) is 3.63. The molecule has 0 saturated carbocycles. The third-order valence-corrected chi connectivity index (χ3v) is 4.27. The molecule has 0 unspecified atom stereocenters. The summed E-state index contributed by atoms with van der Waals surface area (Å²) >= 11 is 3.44. The average molecular weight is 351 g/mol. The monoisotopic (exact) mass is 350 g/mol. The number of hydrogen-bond donors (Lipinski definition) is 2. The van der Waals surface area contributed by atoms with Crippen LogP contribution in [-0.4, -0.2) is 19.0 Å². The van der Waals surface area contributed by atoms with E-state index >= 15 is 0 Å². The maximum Gasteiger partial charge on any atom is 0.239 e. The van der Waals surface area contributed by atoms with Crippen molar-refractivity contribution in [2.24, 2.45) is 0 Å². The van der Waals surface area contributed by atoms with Gasteiger partial charge in [-0.3, -0.25) is 4.79 Å². The van der Waals surface area contributed by atoms with Gasteiger partial charge in [-0.1, -0.05) is 27.6 Å². The predicted octanol–water partition coefficient (Wildman–Crippen LogP) is 4.18. The molecule has 0 fully saturated rings. The fraction of sp³-hybridized carbons (Fsp3) is 0.471. The van der Waals surface area contributed by atoms with E-state index in [2.05, 4.69) is 32.6 Å². The van der Waals surface area contributed by atoms with Gasteiger partial charge in [0.15, 0.2) is 0 Å². The van der Waals surface area contributed by atoms with Crippen molar-refractivity contribution in [2.75, 3.05) is 18.4 Å². The summed E-state index contributed by atoms with van der Waals surface area (Å²) in [7, 11) is 0. The fourth-order valence-electron chi connectivity index (χ4n) is 2.56. The van der Waals surface area contributed by atoms with Crippen molar-refractivity contribution < 1.29 is 4.79 Å². The molecule has 0 bridgehead atoms. The molecular weight excluding hydrogens is 328 g/mol. The SMILES string of the molecule is Cc1cc(Br)ccc1NCC(=O)NCCC1=CCCCC1. The average Bonchev–Trinajstić information content (AvgIpc) is 2.47. The van der Waals surface area contributed by atoms with Gasteiger partial charge in [-0.15, -0.1) is 0 Å². The van der Waals surface area contributed by atoms with Crippen LogP contribution >= 0.6 is 15.9 Å². The number of benzene rings is 1. The first-order valence-electron chi connectivity index (χ1n) is 7.60. The van der Waals surface area contributed by atoms with Gasteiger partial charge in [0.1, 0.15) is 0 Å². The van der Waals surface area contributed by atoms with Gasteiger partial charge in [-0.25, -0.2) is 0 Å². The maximum absolute atomic E-state index is 11.8. The molecule has 0 aromatic heterocycles. The first-order valence-corrected chi connectivity index (χ1v) is 8.39. The second kappa shape index (κ2) is 8.23. The molecule has 1 amide bonds. The van der Waals surface area contributed by atoms with Crippen molar-refractivity contribution in [3.63, 3.8) is 0 Å². The molecule has 4 heteroatoms. The number of allylic oxidation sites excluding steroid dienone is 1. The molecule has 0 heterocycles. The molecule has 1 aliphatic carbocycles. The van der Waals surface area contributed by atoms with E-state index in [1.807, 2.05) is 25.1 Å². The van der Waals surface area contributed by atoms with E-state index < -0.39 is 0 Å². The molecule has 21 heavy (non-hydrogen) atoms. The Balaban J connectivity index is 1.68. The number of nitrogens with one attached hydrogen (secondary N) is 2. The third-order valence-electron chi connectivity index (χ3n) is 3.78. The Morgan fingerprint density at radius 1 is 1.33 bits per heavy atom. The first-order chi connectivity index (χ1) is 10.1. The molecule has 0 radical (unpaired) electrons. The van der Waals surface area contributed by atoms with Crippen molar-refractivity contribution in [1.29, 1.82) is 0 Å². The summed E-state index contributed by atoms with van der Waals surface area (Å²) in [6.07, 6.45) is 8.33. The quantitative estimate of drug-likeness (QED) is 0.755. The number of halogens is 1. The summed E-state index contributed by atoms with van der Waals surface area (Å²) in [5, 5.41) is 6.16. The molecule has 3 nitrogen and oxygen atoms in total. The lowest BCUT2D eigenvalue weighted by molar-refractivity contribution is -0.119. The van der Waals surface area contributed by atoms with Crippen molar-refractivity contribution in [3.8, 4) is 0 Å². The van der Waals surface area contributed by atoms with Crippen LogP contribution in [0.25, 0.3) is 0 Å². The Morgan fingerprint density at radius 2 is 2.19 bits per heavy atom. The van der Waals surface area contributed by atoms with Crippen LogP contribution in [0.15, 0.2) is 34.3 Å². The van der Waals surface area contributed by atoms with Gasteiger partial charge in [0, 0.05) is 16.7 Å². The molecule has 114 valence electrons. The summed E-state index contributed by atoms with van der Waals surface area (Å²) < 4.78 is 1.05. The smallest absolute Gasteiger partial charge is 0.239 e. The first kappa shape index (κ1) is 16.1. The summed E-state index contributed by atoms with van der Waals surface area (Å²) in [6, 6.07) is 6.00. The highest BCUT2D eigenvalue weighted by atomic mass is 79.9. The molecule has 0 atom stereocenters. The molecule has 1 aromatic rings. The van der Waals surface area contributed by atoms with Crippen molar-refractivity contribution in [2.45, 2.75) is 39.0 Å². The second-order valence-electron chi connectivity index (χ2n) is 5.52. The van der Waals surface area contributed by atoms with Crippen molar-refractivity contribution in [1.82, 2.24) is 5.32 Å². The van der Waals surface area contributed by atoms with Gasteiger partial charge < -0.3 is 10.6 Å². The molecule has 2 rings (SSSR count).